The van der Waals surface area contributed by atoms with Gasteiger partial charge in [-0.15, -0.1) is 0 Å². The van der Waals surface area contributed by atoms with Crippen LogP contribution in [0.1, 0.15) is 44.7 Å². The Kier molecular flexibility index (Phi) is 4.34. The summed E-state index contributed by atoms with van der Waals surface area (Å²) >= 11 is 0. The summed E-state index contributed by atoms with van der Waals surface area (Å²) in [5, 5.41) is 3.58. The number of hydrogen-bond donors (Lipinski definition) is 1. The number of nitrogens with zero attached hydrogens (tertiary/aromatic N) is 2. The molecule has 3 rings (SSSR count). The first kappa shape index (κ1) is 14.3. The van der Waals surface area contributed by atoms with E-state index in [-0.39, 0.29) is 5.56 Å². The van der Waals surface area contributed by atoms with Gasteiger partial charge in [0.05, 0.1) is 5.69 Å². The van der Waals surface area contributed by atoms with Gasteiger partial charge in [0.1, 0.15) is 5.65 Å². The number of rotatable bonds is 4. The smallest absolute Gasteiger partial charge is 0.258 e. The van der Waals surface area contributed by atoms with Crippen molar-refractivity contribution in [3.8, 4) is 0 Å². The molecule has 1 aliphatic rings. The van der Waals surface area contributed by atoms with E-state index in [0.717, 1.165) is 17.3 Å². The maximum absolute atomic E-state index is 12.0. The van der Waals surface area contributed by atoms with Crippen LogP contribution in [0.15, 0.2) is 35.3 Å². The van der Waals surface area contributed by atoms with Crippen LogP contribution in [0.4, 0.5) is 0 Å². The Morgan fingerprint density at radius 2 is 2.29 bits per heavy atom. The molecule has 2 aromatic heterocycles. The molecule has 4 nitrogen and oxygen atoms in total. The molecule has 2 heterocycles. The van der Waals surface area contributed by atoms with Gasteiger partial charge in [-0.05, 0) is 30.9 Å². The molecule has 0 bridgehead atoms. The van der Waals surface area contributed by atoms with Gasteiger partial charge in [-0.25, -0.2) is 4.98 Å². The molecule has 1 aliphatic carbocycles. The first-order valence-electron chi connectivity index (χ1n) is 7.97. The summed E-state index contributed by atoms with van der Waals surface area (Å²) in [7, 11) is 0. The van der Waals surface area contributed by atoms with E-state index in [9.17, 15) is 4.79 Å². The summed E-state index contributed by atoms with van der Waals surface area (Å²) in [6.45, 7) is 2.96. The lowest BCUT2D eigenvalue weighted by Crippen LogP contribution is -2.34. The van der Waals surface area contributed by atoms with Crippen LogP contribution in [0.5, 0.6) is 0 Å². The summed E-state index contributed by atoms with van der Waals surface area (Å²) in [5.74, 6) is 0.853. The second-order valence-corrected chi connectivity index (χ2v) is 6.03. The van der Waals surface area contributed by atoms with E-state index in [4.69, 9.17) is 0 Å². The fourth-order valence-electron chi connectivity index (χ4n) is 3.29. The predicted molar refractivity (Wildman–Crippen MR) is 84.3 cm³/mol. The molecule has 0 radical (unpaired) electrons. The third-order valence-corrected chi connectivity index (χ3v) is 4.56. The van der Waals surface area contributed by atoms with Crippen molar-refractivity contribution in [3.63, 3.8) is 0 Å². The molecule has 1 fully saturated rings. The zero-order valence-corrected chi connectivity index (χ0v) is 12.6. The van der Waals surface area contributed by atoms with Crippen molar-refractivity contribution in [2.45, 2.75) is 51.6 Å². The third kappa shape index (κ3) is 3.32. The molecule has 0 saturated heterocycles. The van der Waals surface area contributed by atoms with Crippen LogP contribution in [0.3, 0.4) is 0 Å². The van der Waals surface area contributed by atoms with Gasteiger partial charge in [-0.2, -0.15) is 0 Å². The molecular weight excluding hydrogens is 262 g/mol. The van der Waals surface area contributed by atoms with Crippen molar-refractivity contribution in [2.75, 3.05) is 0 Å². The number of pyridine rings is 1. The SMILES string of the molecule is CCC1CCCC(NCc2cc(=O)n3ccccc3n2)C1. The minimum absolute atomic E-state index is 0.00696. The van der Waals surface area contributed by atoms with Gasteiger partial charge in [0.2, 0.25) is 0 Å². The molecule has 2 atom stereocenters. The Balaban J connectivity index is 1.69. The first-order chi connectivity index (χ1) is 10.3. The molecule has 1 saturated carbocycles. The first-order valence-corrected chi connectivity index (χ1v) is 7.97. The molecule has 0 spiro atoms. The zero-order valence-electron chi connectivity index (χ0n) is 12.6. The second-order valence-electron chi connectivity index (χ2n) is 6.03. The Bertz CT molecular complexity index is 664. The normalized spacial score (nSPS) is 22.5. The highest BCUT2D eigenvalue weighted by Crippen LogP contribution is 2.26. The second kappa shape index (κ2) is 6.39. The number of nitrogens with one attached hydrogen (secondary N) is 1. The topological polar surface area (TPSA) is 46.4 Å². The van der Waals surface area contributed by atoms with Crippen molar-refractivity contribution in [2.24, 2.45) is 5.92 Å². The summed E-state index contributed by atoms with van der Waals surface area (Å²) in [5.41, 5.74) is 1.55. The molecule has 0 aromatic carbocycles. The third-order valence-electron chi connectivity index (χ3n) is 4.56. The summed E-state index contributed by atoms with van der Waals surface area (Å²) < 4.78 is 1.58. The van der Waals surface area contributed by atoms with Crippen LogP contribution in [-0.2, 0) is 6.54 Å². The number of fused-ring (bicyclic) bond motifs is 1. The van der Waals surface area contributed by atoms with E-state index in [1.807, 2.05) is 18.2 Å². The van der Waals surface area contributed by atoms with Crippen LogP contribution < -0.4 is 10.9 Å². The minimum Gasteiger partial charge on any atom is -0.308 e. The van der Waals surface area contributed by atoms with E-state index < -0.39 is 0 Å². The molecule has 4 heteroatoms. The highest BCUT2D eigenvalue weighted by molar-refractivity contribution is 5.37. The Morgan fingerprint density at radius 1 is 1.38 bits per heavy atom. The highest BCUT2D eigenvalue weighted by Gasteiger charge is 2.20. The Hall–Kier alpha value is -1.68. The van der Waals surface area contributed by atoms with Crippen molar-refractivity contribution in [1.29, 1.82) is 0 Å². The Morgan fingerprint density at radius 3 is 3.14 bits per heavy atom. The van der Waals surface area contributed by atoms with Crippen LogP contribution in [0.25, 0.3) is 5.65 Å². The van der Waals surface area contributed by atoms with Crippen molar-refractivity contribution in [1.82, 2.24) is 14.7 Å². The summed E-state index contributed by atoms with van der Waals surface area (Å²) in [4.78, 5) is 16.6. The van der Waals surface area contributed by atoms with Gasteiger partial charge in [0.25, 0.3) is 5.56 Å². The standard InChI is InChI=1S/C17H23N3O/c1-2-13-6-5-7-14(10-13)18-12-15-11-17(21)20-9-4-3-8-16(20)19-15/h3-4,8-9,11,13-14,18H,2,5-7,10,12H2,1H3. The average molecular weight is 285 g/mol. The van der Waals surface area contributed by atoms with E-state index >= 15 is 0 Å². The lowest BCUT2D eigenvalue weighted by Gasteiger charge is -2.29. The molecule has 0 amide bonds. The molecule has 112 valence electrons. The number of aromatic nitrogens is 2. The van der Waals surface area contributed by atoms with Crippen LogP contribution in [0, 0.1) is 5.92 Å². The highest BCUT2D eigenvalue weighted by atomic mass is 16.1. The van der Waals surface area contributed by atoms with Gasteiger partial charge >= 0.3 is 0 Å². The maximum atomic E-state index is 12.0. The van der Waals surface area contributed by atoms with E-state index in [2.05, 4.69) is 17.2 Å². The molecule has 0 aliphatic heterocycles. The van der Waals surface area contributed by atoms with Crippen LogP contribution >= 0.6 is 0 Å². The predicted octanol–water partition coefficient (Wildman–Crippen LogP) is 2.75. The molecule has 21 heavy (non-hydrogen) atoms. The quantitative estimate of drug-likeness (QED) is 0.939. The van der Waals surface area contributed by atoms with Gasteiger partial charge in [-0.3, -0.25) is 9.20 Å². The van der Waals surface area contributed by atoms with Crippen molar-refractivity contribution < 1.29 is 0 Å². The van der Waals surface area contributed by atoms with Gasteiger partial charge in [0.15, 0.2) is 0 Å². The molecule has 2 unspecified atom stereocenters. The van der Waals surface area contributed by atoms with E-state index in [0.29, 0.717) is 12.6 Å². The molecule has 2 aromatic rings. The van der Waals surface area contributed by atoms with Gasteiger partial charge < -0.3 is 5.32 Å². The van der Waals surface area contributed by atoms with Crippen LogP contribution in [0.2, 0.25) is 0 Å². The van der Waals surface area contributed by atoms with E-state index in [1.54, 1.807) is 16.7 Å². The molecule has 1 N–H and O–H groups in total. The fraction of sp³-hybridized carbons (Fsp3) is 0.529. The zero-order chi connectivity index (χ0) is 14.7. The lowest BCUT2D eigenvalue weighted by atomic mass is 9.84. The average Bonchev–Trinajstić information content (AvgIpc) is 2.53. The van der Waals surface area contributed by atoms with Crippen molar-refractivity contribution >= 4 is 5.65 Å². The Labute approximate surface area is 125 Å². The molecular formula is C17H23N3O. The fourth-order valence-corrected chi connectivity index (χ4v) is 3.29. The minimum atomic E-state index is -0.00696. The monoisotopic (exact) mass is 285 g/mol. The maximum Gasteiger partial charge on any atom is 0.258 e. The summed E-state index contributed by atoms with van der Waals surface area (Å²) in [6, 6.07) is 7.84. The van der Waals surface area contributed by atoms with Crippen molar-refractivity contribution in [3.05, 3.63) is 46.5 Å². The van der Waals surface area contributed by atoms with Gasteiger partial charge in [-0.1, -0.05) is 32.3 Å². The van der Waals surface area contributed by atoms with Crippen LogP contribution in [-0.4, -0.2) is 15.4 Å². The van der Waals surface area contributed by atoms with Gasteiger partial charge in [0, 0.05) is 24.8 Å². The van der Waals surface area contributed by atoms with E-state index in [1.165, 1.54) is 32.1 Å². The number of hydrogen-bond acceptors (Lipinski definition) is 3. The largest absolute Gasteiger partial charge is 0.308 e. The lowest BCUT2D eigenvalue weighted by molar-refractivity contribution is 0.278. The summed E-state index contributed by atoms with van der Waals surface area (Å²) in [6.07, 6.45) is 8.20.